The Kier molecular flexibility index (Phi) is 3.47. The van der Waals surface area contributed by atoms with Gasteiger partial charge in [0.2, 0.25) is 0 Å². The normalized spacial score (nSPS) is 11.2. The topological polar surface area (TPSA) is 72.3 Å². The summed E-state index contributed by atoms with van der Waals surface area (Å²) in [5.74, 6) is -0.465. The van der Waals surface area contributed by atoms with Gasteiger partial charge in [-0.1, -0.05) is 20.8 Å². The Balaban J connectivity index is 3.23. The maximum Gasteiger partial charge on any atom is 0.341 e. The molecule has 5 heteroatoms. The van der Waals surface area contributed by atoms with E-state index in [1.807, 2.05) is 20.8 Å². The predicted molar refractivity (Wildman–Crippen MR) is 58.4 cm³/mol. The first-order valence-corrected chi connectivity index (χ1v) is 5.10. The third-order valence-electron chi connectivity index (χ3n) is 1.98. The molecule has 0 amide bonds. The number of carbonyl (C=O) groups excluding carboxylic acids is 1. The van der Waals surface area contributed by atoms with E-state index in [2.05, 4.69) is 9.97 Å². The molecule has 0 saturated carbocycles. The van der Waals surface area contributed by atoms with E-state index < -0.39 is 5.97 Å². The van der Waals surface area contributed by atoms with Gasteiger partial charge >= 0.3 is 12.0 Å². The fraction of sp³-hybridized carbons (Fsp3) is 0.545. The van der Waals surface area contributed by atoms with Gasteiger partial charge in [0.1, 0.15) is 5.56 Å². The van der Waals surface area contributed by atoms with Crippen LogP contribution in [-0.4, -0.2) is 27.7 Å². The van der Waals surface area contributed by atoms with Crippen LogP contribution in [0.3, 0.4) is 0 Å². The Morgan fingerprint density at radius 1 is 1.50 bits per heavy atom. The van der Waals surface area contributed by atoms with Crippen molar-refractivity contribution in [2.75, 3.05) is 6.61 Å². The number of ether oxygens (including phenoxy) is 1. The largest absolute Gasteiger partial charge is 0.479 e. The second kappa shape index (κ2) is 4.47. The van der Waals surface area contributed by atoms with Crippen molar-refractivity contribution in [1.82, 2.24) is 9.97 Å². The molecule has 1 N–H and O–H groups in total. The molecule has 0 fully saturated rings. The second-order valence-electron chi connectivity index (χ2n) is 4.40. The fourth-order valence-corrected chi connectivity index (χ4v) is 1.30. The summed E-state index contributed by atoms with van der Waals surface area (Å²) in [5, 5.41) is 9.24. The summed E-state index contributed by atoms with van der Waals surface area (Å²) in [6.45, 7) is 7.73. The number of esters is 1. The molecule has 88 valence electrons. The first kappa shape index (κ1) is 12.4. The molecule has 1 aromatic rings. The highest BCUT2D eigenvalue weighted by atomic mass is 16.5. The average Bonchev–Trinajstić information content (AvgIpc) is 2.16. The van der Waals surface area contributed by atoms with Crippen molar-refractivity contribution >= 4 is 5.97 Å². The molecule has 0 unspecified atom stereocenters. The summed E-state index contributed by atoms with van der Waals surface area (Å²) in [6.07, 6.45) is 1.29. The van der Waals surface area contributed by atoms with Crippen LogP contribution in [0.2, 0.25) is 0 Å². The Bertz CT molecular complexity index is 397. The summed E-state index contributed by atoms with van der Waals surface area (Å²) in [5.41, 5.74) is 0.424. The zero-order valence-electron chi connectivity index (χ0n) is 9.94. The molecule has 0 atom stereocenters. The first-order valence-electron chi connectivity index (χ1n) is 5.10. The zero-order chi connectivity index (χ0) is 12.3. The van der Waals surface area contributed by atoms with Crippen molar-refractivity contribution in [3.8, 4) is 6.01 Å². The van der Waals surface area contributed by atoms with E-state index in [-0.39, 0.29) is 11.4 Å². The van der Waals surface area contributed by atoms with Gasteiger partial charge in [0.05, 0.1) is 12.3 Å². The maximum atomic E-state index is 11.6. The molecule has 0 spiro atoms. The van der Waals surface area contributed by atoms with E-state index in [4.69, 9.17) is 4.74 Å². The van der Waals surface area contributed by atoms with E-state index in [1.165, 1.54) is 6.20 Å². The predicted octanol–water partition coefficient (Wildman–Crippen LogP) is 1.66. The molecule has 0 saturated heterocycles. The molecule has 1 heterocycles. The number of aromatic nitrogens is 2. The third-order valence-corrected chi connectivity index (χ3v) is 1.98. The number of hydrogen-bond acceptors (Lipinski definition) is 5. The SMILES string of the molecule is CCOC(=O)c1cnc(O)nc1C(C)(C)C. The maximum absolute atomic E-state index is 11.6. The van der Waals surface area contributed by atoms with Gasteiger partial charge in [-0.2, -0.15) is 4.98 Å². The molecule has 0 aliphatic rings. The Morgan fingerprint density at radius 3 is 2.62 bits per heavy atom. The average molecular weight is 224 g/mol. The quantitative estimate of drug-likeness (QED) is 0.773. The lowest BCUT2D eigenvalue weighted by Gasteiger charge is -2.20. The van der Waals surface area contributed by atoms with Crippen molar-refractivity contribution in [2.45, 2.75) is 33.1 Å². The van der Waals surface area contributed by atoms with Crippen LogP contribution in [0.4, 0.5) is 0 Å². The lowest BCUT2D eigenvalue weighted by molar-refractivity contribution is 0.0522. The van der Waals surface area contributed by atoms with Crippen molar-refractivity contribution in [1.29, 1.82) is 0 Å². The Morgan fingerprint density at radius 2 is 2.12 bits per heavy atom. The highest BCUT2D eigenvalue weighted by molar-refractivity contribution is 5.90. The second-order valence-corrected chi connectivity index (χ2v) is 4.40. The van der Waals surface area contributed by atoms with E-state index in [0.29, 0.717) is 17.9 Å². The third kappa shape index (κ3) is 2.68. The summed E-state index contributed by atoms with van der Waals surface area (Å²) in [7, 11) is 0. The van der Waals surface area contributed by atoms with Gasteiger partial charge in [-0.3, -0.25) is 0 Å². The van der Waals surface area contributed by atoms with Crippen LogP contribution in [0.25, 0.3) is 0 Å². The van der Waals surface area contributed by atoms with Crippen LogP contribution in [0.15, 0.2) is 6.20 Å². The minimum Gasteiger partial charge on any atom is -0.479 e. The zero-order valence-corrected chi connectivity index (χ0v) is 9.94. The smallest absolute Gasteiger partial charge is 0.341 e. The number of hydrogen-bond donors (Lipinski definition) is 1. The summed E-state index contributed by atoms with van der Waals surface area (Å²) in [6, 6.07) is -0.335. The number of carbonyl (C=O) groups is 1. The van der Waals surface area contributed by atoms with Crippen molar-refractivity contribution in [2.24, 2.45) is 0 Å². The molecule has 0 aliphatic heterocycles. The van der Waals surface area contributed by atoms with Crippen LogP contribution in [0, 0.1) is 0 Å². The van der Waals surface area contributed by atoms with Crippen molar-refractivity contribution < 1.29 is 14.6 Å². The summed E-state index contributed by atoms with van der Waals surface area (Å²) in [4.78, 5) is 19.1. The Labute approximate surface area is 94.5 Å². The molecule has 0 aromatic carbocycles. The minimum atomic E-state index is -0.465. The molecule has 0 bridgehead atoms. The summed E-state index contributed by atoms with van der Waals surface area (Å²) >= 11 is 0. The molecular formula is C11H16N2O3. The molecule has 1 rings (SSSR count). The highest BCUT2D eigenvalue weighted by Gasteiger charge is 2.25. The van der Waals surface area contributed by atoms with E-state index >= 15 is 0 Å². The van der Waals surface area contributed by atoms with Gasteiger partial charge in [-0.05, 0) is 6.92 Å². The van der Waals surface area contributed by atoms with E-state index in [0.717, 1.165) is 0 Å². The van der Waals surface area contributed by atoms with Crippen LogP contribution in [-0.2, 0) is 10.2 Å². The molecule has 0 aliphatic carbocycles. The number of nitrogens with zero attached hydrogens (tertiary/aromatic N) is 2. The van der Waals surface area contributed by atoms with Gasteiger partial charge in [0.25, 0.3) is 0 Å². The van der Waals surface area contributed by atoms with Crippen LogP contribution in [0.1, 0.15) is 43.7 Å². The lowest BCUT2D eigenvalue weighted by atomic mass is 9.89. The van der Waals surface area contributed by atoms with Crippen molar-refractivity contribution in [3.05, 3.63) is 17.5 Å². The standard InChI is InChI=1S/C11H16N2O3/c1-5-16-9(14)7-6-12-10(15)13-8(7)11(2,3)4/h6H,5H2,1-4H3,(H,12,13,15). The van der Waals surface area contributed by atoms with E-state index in [9.17, 15) is 9.90 Å². The fourth-order valence-electron chi connectivity index (χ4n) is 1.30. The molecule has 0 radical (unpaired) electrons. The number of rotatable bonds is 2. The minimum absolute atomic E-state index is 0.295. The number of aromatic hydroxyl groups is 1. The Hall–Kier alpha value is -1.65. The highest BCUT2D eigenvalue weighted by Crippen LogP contribution is 2.25. The first-order chi connectivity index (χ1) is 7.36. The van der Waals surface area contributed by atoms with Crippen LogP contribution in [0.5, 0.6) is 6.01 Å². The van der Waals surface area contributed by atoms with Gasteiger partial charge in [-0.25, -0.2) is 9.78 Å². The van der Waals surface area contributed by atoms with Gasteiger partial charge < -0.3 is 9.84 Å². The molecule has 1 aromatic heterocycles. The van der Waals surface area contributed by atoms with E-state index in [1.54, 1.807) is 6.92 Å². The lowest BCUT2D eigenvalue weighted by Crippen LogP contribution is -2.20. The van der Waals surface area contributed by atoms with Gasteiger partial charge in [0.15, 0.2) is 0 Å². The molecule has 16 heavy (non-hydrogen) atoms. The van der Waals surface area contributed by atoms with Gasteiger partial charge in [0, 0.05) is 11.6 Å². The molecular weight excluding hydrogens is 208 g/mol. The van der Waals surface area contributed by atoms with Crippen molar-refractivity contribution in [3.63, 3.8) is 0 Å². The summed E-state index contributed by atoms with van der Waals surface area (Å²) < 4.78 is 4.90. The van der Waals surface area contributed by atoms with Crippen LogP contribution < -0.4 is 0 Å². The molecule has 5 nitrogen and oxygen atoms in total. The monoisotopic (exact) mass is 224 g/mol. The van der Waals surface area contributed by atoms with Crippen LogP contribution >= 0.6 is 0 Å². The van der Waals surface area contributed by atoms with Gasteiger partial charge in [-0.15, -0.1) is 0 Å².